The number of hydrogen-bond acceptors (Lipinski definition) is 2. The van der Waals surface area contributed by atoms with Gasteiger partial charge in [-0.25, -0.2) is 0 Å². The zero-order valence-corrected chi connectivity index (χ0v) is 11.9. The topological polar surface area (TPSA) is 6.48 Å². The van der Waals surface area contributed by atoms with Crippen molar-refractivity contribution in [3.8, 4) is 0 Å². The number of nitrogens with zero attached hydrogens (tertiary/aromatic N) is 2. The molecule has 0 radical (unpaired) electrons. The Hall–Kier alpha value is -0.340. The maximum absolute atomic E-state index is 2.73. The molecule has 2 saturated heterocycles. The van der Waals surface area contributed by atoms with Gasteiger partial charge >= 0.3 is 0 Å². The van der Waals surface area contributed by atoms with Gasteiger partial charge in [-0.15, -0.1) is 0 Å². The molecule has 0 spiro atoms. The van der Waals surface area contributed by atoms with Crippen LogP contribution >= 0.6 is 0 Å². The van der Waals surface area contributed by atoms with E-state index in [0.29, 0.717) is 0 Å². The molecule has 2 aliphatic heterocycles. The van der Waals surface area contributed by atoms with Crippen molar-refractivity contribution < 1.29 is 0 Å². The van der Waals surface area contributed by atoms with E-state index in [0.717, 1.165) is 24.5 Å². The molecule has 0 amide bonds. The van der Waals surface area contributed by atoms with Gasteiger partial charge in [0.2, 0.25) is 0 Å². The molecule has 98 valence electrons. The van der Waals surface area contributed by atoms with Crippen LogP contribution < -0.4 is 0 Å². The van der Waals surface area contributed by atoms with Gasteiger partial charge in [0, 0.05) is 31.7 Å². The molecule has 0 aromatic heterocycles. The van der Waals surface area contributed by atoms with E-state index in [2.05, 4.69) is 43.6 Å². The predicted molar refractivity (Wildman–Crippen MR) is 74.2 cm³/mol. The summed E-state index contributed by atoms with van der Waals surface area (Å²) >= 11 is 0. The molecular weight excluding hydrogens is 208 g/mol. The standard InChI is InChI=1S/C15H28N2/c1-12(2)7-9-17-10-14-6-5-8-16(14)11-15(17)13(3)4/h7,13-15H,5-6,8-11H2,1-4H3. The van der Waals surface area contributed by atoms with Crippen LogP contribution in [0.1, 0.15) is 40.5 Å². The SMILES string of the molecule is CC(C)=CCN1CC2CCCN2CC1C(C)C. The second-order valence-corrected chi connectivity index (χ2v) is 6.34. The fourth-order valence-electron chi connectivity index (χ4n) is 3.25. The van der Waals surface area contributed by atoms with Crippen molar-refractivity contribution in [2.75, 3.05) is 26.2 Å². The summed E-state index contributed by atoms with van der Waals surface area (Å²) < 4.78 is 0. The summed E-state index contributed by atoms with van der Waals surface area (Å²) in [7, 11) is 0. The first-order chi connectivity index (χ1) is 8.08. The molecule has 2 fully saturated rings. The Bertz CT molecular complexity index is 279. The average Bonchev–Trinajstić information content (AvgIpc) is 2.71. The summed E-state index contributed by atoms with van der Waals surface area (Å²) in [4.78, 5) is 5.44. The zero-order chi connectivity index (χ0) is 12.4. The molecule has 2 heteroatoms. The normalized spacial score (nSPS) is 30.6. The van der Waals surface area contributed by atoms with Crippen LogP contribution in [0.2, 0.25) is 0 Å². The van der Waals surface area contributed by atoms with E-state index in [1.54, 1.807) is 0 Å². The number of hydrogen-bond donors (Lipinski definition) is 0. The lowest BCUT2D eigenvalue weighted by atomic mass is 9.97. The van der Waals surface area contributed by atoms with Gasteiger partial charge in [0.05, 0.1) is 0 Å². The van der Waals surface area contributed by atoms with Crippen LogP contribution in [0.5, 0.6) is 0 Å². The minimum absolute atomic E-state index is 0.750. The highest BCUT2D eigenvalue weighted by atomic mass is 15.3. The lowest BCUT2D eigenvalue weighted by molar-refractivity contribution is 0.0375. The van der Waals surface area contributed by atoms with Crippen molar-refractivity contribution in [2.24, 2.45) is 5.92 Å². The summed E-state index contributed by atoms with van der Waals surface area (Å²) in [5, 5.41) is 0. The molecule has 2 atom stereocenters. The molecule has 17 heavy (non-hydrogen) atoms. The summed E-state index contributed by atoms with van der Waals surface area (Å²) in [6.45, 7) is 14.2. The van der Waals surface area contributed by atoms with E-state index in [4.69, 9.17) is 0 Å². The van der Waals surface area contributed by atoms with Gasteiger partial charge in [0.15, 0.2) is 0 Å². The van der Waals surface area contributed by atoms with Crippen LogP contribution in [0.25, 0.3) is 0 Å². The Morgan fingerprint density at radius 1 is 1.29 bits per heavy atom. The molecule has 2 rings (SSSR count). The number of rotatable bonds is 3. The Kier molecular flexibility index (Phi) is 4.26. The third-order valence-corrected chi connectivity index (χ3v) is 4.34. The van der Waals surface area contributed by atoms with E-state index in [1.165, 1.54) is 38.0 Å². The molecule has 0 aromatic carbocycles. The molecule has 0 N–H and O–H groups in total. The second kappa shape index (κ2) is 5.53. The van der Waals surface area contributed by atoms with E-state index < -0.39 is 0 Å². The summed E-state index contributed by atoms with van der Waals surface area (Å²) in [6, 6.07) is 1.59. The van der Waals surface area contributed by atoms with Crippen LogP contribution in [-0.4, -0.2) is 48.1 Å². The minimum atomic E-state index is 0.750. The Morgan fingerprint density at radius 2 is 2.06 bits per heavy atom. The predicted octanol–water partition coefficient (Wildman–Crippen LogP) is 2.76. The summed E-state index contributed by atoms with van der Waals surface area (Å²) in [6.07, 6.45) is 5.21. The van der Waals surface area contributed by atoms with Gasteiger partial charge in [-0.2, -0.15) is 0 Å². The van der Waals surface area contributed by atoms with Crippen molar-refractivity contribution in [1.29, 1.82) is 0 Å². The van der Waals surface area contributed by atoms with Crippen molar-refractivity contribution >= 4 is 0 Å². The van der Waals surface area contributed by atoms with E-state index in [1.807, 2.05) is 0 Å². The summed E-state index contributed by atoms with van der Waals surface area (Å²) in [5.74, 6) is 0.766. The van der Waals surface area contributed by atoms with Crippen LogP contribution in [0.3, 0.4) is 0 Å². The van der Waals surface area contributed by atoms with Crippen molar-refractivity contribution in [2.45, 2.75) is 52.6 Å². The lowest BCUT2D eigenvalue weighted by Gasteiger charge is -2.45. The molecule has 0 aromatic rings. The monoisotopic (exact) mass is 236 g/mol. The van der Waals surface area contributed by atoms with E-state index in [9.17, 15) is 0 Å². The Labute approximate surface area is 107 Å². The van der Waals surface area contributed by atoms with Crippen LogP contribution in [0.15, 0.2) is 11.6 Å². The molecular formula is C15H28N2. The minimum Gasteiger partial charge on any atom is -0.298 e. The zero-order valence-electron chi connectivity index (χ0n) is 11.9. The third-order valence-electron chi connectivity index (χ3n) is 4.34. The van der Waals surface area contributed by atoms with Crippen molar-refractivity contribution in [3.63, 3.8) is 0 Å². The van der Waals surface area contributed by atoms with E-state index >= 15 is 0 Å². The first kappa shape index (κ1) is 13.1. The first-order valence-corrected chi connectivity index (χ1v) is 7.19. The maximum atomic E-state index is 2.73. The molecule has 0 saturated carbocycles. The highest BCUT2D eigenvalue weighted by Gasteiger charge is 2.36. The smallest absolute Gasteiger partial charge is 0.0250 e. The second-order valence-electron chi connectivity index (χ2n) is 6.34. The van der Waals surface area contributed by atoms with Gasteiger partial charge in [0.25, 0.3) is 0 Å². The fraction of sp³-hybridized carbons (Fsp3) is 0.867. The molecule has 2 aliphatic rings. The number of allylic oxidation sites excluding steroid dienone is 1. The molecule has 0 aliphatic carbocycles. The Morgan fingerprint density at radius 3 is 2.71 bits per heavy atom. The molecule has 2 unspecified atom stereocenters. The van der Waals surface area contributed by atoms with Gasteiger partial charge in [-0.05, 0) is 39.2 Å². The fourth-order valence-corrected chi connectivity index (χ4v) is 3.25. The van der Waals surface area contributed by atoms with E-state index in [-0.39, 0.29) is 0 Å². The molecule has 2 heterocycles. The lowest BCUT2D eigenvalue weighted by Crippen LogP contribution is -2.57. The maximum Gasteiger partial charge on any atom is 0.0250 e. The van der Waals surface area contributed by atoms with Gasteiger partial charge in [-0.1, -0.05) is 25.5 Å². The largest absolute Gasteiger partial charge is 0.298 e. The Balaban J connectivity index is 2.02. The molecule has 0 bridgehead atoms. The average molecular weight is 236 g/mol. The summed E-state index contributed by atoms with van der Waals surface area (Å²) in [5.41, 5.74) is 1.45. The van der Waals surface area contributed by atoms with Crippen LogP contribution in [-0.2, 0) is 0 Å². The third kappa shape index (κ3) is 3.11. The number of fused-ring (bicyclic) bond motifs is 1. The number of piperazine rings is 1. The first-order valence-electron chi connectivity index (χ1n) is 7.19. The molecule has 2 nitrogen and oxygen atoms in total. The van der Waals surface area contributed by atoms with Gasteiger partial charge in [-0.3, -0.25) is 9.80 Å². The van der Waals surface area contributed by atoms with Gasteiger partial charge < -0.3 is 0 Å². The van der Waals surface area contributed by atoms with Crippen LogP contribution in [0, 0.1) is 5.92 Å². The highest BCUT2D eigenvalue weighted by Crippen LogP contribution is 2.27. The van der Waals surface area contributed by atoms with Crippen LogP contribution in [0.4, 0.5) is 0 Å². The quantitative estimate of drug-likeness (QED) is 0.695. The van der Waals surface area contributed by atoms with Crippen molar-refractivity contribution in [1.82, 2.24) is 9.80 Å². The highest BCUT2D eigenvalue weighted by molar-refractivity contribution is 5.00. The van der Waals surface area contributed by atoms with Gasteiger partial charge in [0.1, 0.15) is 0 Å². The van der Waals surface area contributed by atoms with Crippen molar-refractivity contribution in [3.05, 3.63) is 11.6 Å².